The van der Waals surface area contributed by atoms with Crippen molar-refractivity contribution in [1.82, 2.24) is 19.4 Å². The topological polar surface area (TPSA) is 125 Å². The van der Waals surface area contributed by atoms with E-state index in [0.29, 0.717) is 18.9 Å². The van der Waals surface area contributed by atoms with Crippen molar-refractivity contribution in [2.24, 2.45) is 5.73 Å². The molecule has 2 aromatic rings. The normalized spacial score (nSPS) is 21.0. The van der Waals surface area contributed by atoms with Gasteiger partial charge in [0.2, 0.25) is 11.8 Å². The summed E-state index contributed by atoms with van der Waals surface area (Å²) >= 11 is 1.76. The predicted molar refractivity (Wildman–Crippen MR) is 151 cm³/mol. The zero-order valence-electron chi connectivity index (χ0n) is 22.6. The van der Waals surface area contributed by atoms with Crippen LogP contribution in [0.15, 0.2) is 47.4 Å². The second-order valence-electron chi connectivity index (χ2n) is 10.7. The van der Waals surface area contributed by atoms with Crippen LogP contribution < -0.4 is 15.8 Å². The lowest BCUT2D eigenvalue weighted by Crippen LogP contribution is -2.53. The van der Waals surface area contributed by atoms with Gasteiger partial charge in [0.15, 0.2) is 6.29 Å². The third kappa shape index (κ3) is 6.72. The average molecular weight is 566 g/mol. The monoisotopic (exact) mass is 565 g/mol. The second-order valence-corrected chi connectivity index (χ2v) is 11.9. The number of piperidine rings is 2. The molecule has 11 heteroatoms. The van der Waals surface area contributed by atoms with Gasteiger partial charge < -0.3 is 15.4 Å². The number of hydrogen-bond acceptors (Lipinski definition) is 9. The lowest BCUT2D eigenvalue weighted by atomic mass is 9.99. The van der Waals surface area contributed by atoms with Crippen molar-refractivity contribution in [2.75, 3.05) is 33.2 Å². The van der Waals surface area contributed by atoms with Crippen molar-refractivity contribution in [3.8, 4) is 5.75 Å². The van der Waals surface area contributed by atoms with Crippen LogP contribution in [-0.4, -0.2) is 89.5 Å². The van der Waals surface area contributed by atoms with Crippen LogP contribution in [0.4, 0.5) is 0 Å². The number of carbonyl (C=O) groups excluding carboxylic acids is 4. The van der Waals surface area contributed by atoms with Gasteiger partial charge in [-0.05, 0) is 67.1 Å². The third-order valence-corrected chi connectivity index (χ3v) is 8.77. The van der Waals surface area contributed by atoms with E-state index in [1.807, 2.05) is 18.2 Å². The van der Waals surface area contributed by atoms with E-state index in [2.05, 4.69) is 26.7 Å². The molecule has 0 aliphatic carbocycles. The molecule has 2 aromatic carbocycles. The van der Waals surface area contributed by atoms with Gasteiger partial charge in [0, 0.05) is 62.7 Å². The molecule has 3 heterocycles. The molecule has 3 aliphatic rings. The first-order valence-electron chi connectivity index (χ1n) is 13.7. The second kappa shape index (κ2) is 12.5. The van der Waals surface area contributed by atoms with Crippen molar-refractivity contribution >= 4 is 36.0 Å². The lowest BCUT2D eigenvalue weighted by Gasteiger charge is -2.39. The Balaban J connectivity index is 1.12. The maximum absolute atomic E-state index is 13.2. The molecule has 3 amide bonds. The summed E-state index contributed by atoms with van der Waals surface area (Å²) in [5.74, 6) is -0.421. The van der Waals surface area contributed by atoms with Crippen LogP contribution >= 0.6 is 11.9 Å². The van der Waals surface area contributed by atoms with Gasteiger partial charge in [-0.2, -0.15) is 0 Å². The number of likely N-dealkylation sites (tertiary alicyclic amines) is 1. The number of nitrogens with two attached hydrogens (primary N) is 1. The van der Waals surface area contributed by atoms with Crippen molar-refractivity contribution in [3.05, 3.63) is 59.2 Å². The first-order valence-corrected chi connectivity index (χ1v) is 14.4. The Morgan fingerprint density at radius 1 is 1.12 bits per heavy atom. The van der Waals surface area contributed by atoms with E-state index in [0.717, 1.165) is 50.3 Å². The van der Waals surface area contributed by atoms with Crippen molar-refractivity contribution < 1.29 is 23.9 Å². The van der Waals surface area contributed by atoms with E-state index in [9.17, 15) is 19.2 Å². The number of likely N-dealkylation sites (N-methyl/N-ethyl adjacent to an activating group) is 1. The number of aldehydes is 1. The summed E-state index contributed by atoms with van der Waals surface area (Å²) in [6.07, 6.45) is 3.22. The predicted octanol–water partition coefficient (Wildman–Crippen LogP) is 2.07. The molecular weight excluding hydrogens is 530 g/mol. The highest BCUT2D eigenvalue weighted by atomic mass is 32.2. The van der Waals surface area contributed by atoms with Crippen LogP contribution in [-0.2, 0) is 16.1 Å². The van der Waals surface area contributed by atoms with Crippen molar-refractivity contribution in [1.29, 1.82) is 0 Å². The number of amides is 3. The largest absolute Gasteiger partial charge is 0.488 e. The summed E-state index contributed by atoms with van der Waals surface area (Å²) in [4.78, 5) is 53.3. The van der Waals surface area contributed by atoms with Crippen LogP contribution in [0.5, 0.6) is 5.75 Å². The number of nitrogens with zero attached hydrogens (tertiary/aromatic N) is 3. The standard InChI is InChI=1S/C29H35N5O5S/c1-32(26-8-9-27(36)31-28(26)37)29(38)25-14-19(2-3-20(25)18-35)15-33-16-23(17-33)39-22-4-6-24(7-5-22)40-34-12-10-21(30)11-13-34/h2-7,14,18,21,23,26H,8-13,15-17,30H2,1H3,(H,31,36,37). The number of nitrogens with one attached hydrogen (secondary N) is 1. The summed E-state index contributed by atoms with van der Waals surface area (Å²) in [5, 5.41) is 2.27. The molecule has 10 nitrogen and oxygen atoms in total. The van der Waals surface area contributed by atoms with Gasteiger partial charge in [0.05, 0.1) is 5.56 Å². The molecule has 212 valence electrons. The highest BCUT2D eigenvalue weighted by molar-refractivity contribution is 7.97. The lowest BCUT2D eigenvalue weighted by molar-refractivity contribution is -0.136. The number of rotatable bonds is 9. The number of imide groups is 1. The van der Waals surface area contributed by atoms with Crippen LogP contribution in [0.2, 0.25) is 0 Å². The summed E-state index contributed by atoms with van der Waals surface area (Å²) in [6.45, 7) is 4.12. The average Bonchev–Trinajstić information content (AvgIpc) is 2.93. The van der Waals surface area contributed by atoms with E-state index >= 15 is 0 Å². The molecule has 3 N–H and O–H groups in total. The number of ether oxygens (including phenoxy) is 1. The first kappa shape index (κ1) is 28.3. The van der Waals surface area contributed by atoms with E-state index in [-0.39, 0.29) is 36.0 Å². The van der Waals surface area contributed by atoms with Gasteiger partial charge in [0.1, 0.15) is 17.9 Å². The molecule has 0 saturated carbocycles. The maximum Gasteiger partial charge on any atom is 0.255 e. The molecule has 3 saturated heterocycles. The maximum atomic E-state index is 13.2. The zero-order chi connectivity index (χ0) is 28.2. The Morgan fingerprint density at radius 3 is 2.52 bits per heavy atom. The molecule has 3 aliphatic heterocycles. The Hall–Kier alpha value is -3.25. The molecular formula is C29H35N5O5S. The van der Waals surface area contributed by atoms with Crippen LogP contribution in [0.1, 0.15) is 52.0 Å². The van der Waals surface area contributed by atoms with Gasteiger partial charge in [-0.1, -0.05) is 12.1 Å². The van der Waals surface area contributed by atoms with Crippen LogP contribution in [0.3, 0.4) is 0 Å². The zero-order valence-corrected chi connectivity index (χ0v) is 23.4. The number of hydrogen-bond donors (Lipinski definition) is 2. The molecule has 40 heavy (non-hydrogen) atoms. The van der Waals surface area contributed by atoms with Crippen molar-refractivity contribution in [2.45, 2.75) is 55.3 Å². The van der Waals surface area contributed by atoms with Gasteiger partial charge in [-0.3, -0.25) is 29.4 Å². The summed E-state index contributed by atoms with van der Waals surface area (Å²) in [6, 6.07) is 13.0. The smallest absolute Gasteiger partial charge is 0.255 e. The Morgan fingerprint density at radius 2 is 1.85 bits per heavy atom. The summed E-state index contributed by atoms with van der Waals surface area (Å²) < 4.78 is 8.50. The third-order valence-electron chi connectivity index (χ3n) is 7.66. The fourth-order valence-electron chi connectivity index (χ4n) is 5.24. The SMILES string of the molecule is CN(C(=O)c1cc(CN2CC(Oc3ccc(SN4CCC(N)CC4)cc3)C2)ccc1C=O)C1CCC(=O)NC1=O. The molecule has 0 aromatic heterocycles. The molecule has 5 rings (SSSR count). The number of benzene rings is 2. The van der Waals surface area contributed by atoms with Crippen molar-refractivity contribution in [3.63, 3.8) is 0 Å². The van der Waals surface area contributed by atoms with E-state index in [1.54, 1.807) is 24.1 Å². The minimum Gasteiger partial charge on any atom is -0.488 e. The fraction of sp³-hybridized carbons (Fsp3) is 0.448. The molecule has 1 unspecified atom stereocenters. The van der Waals surface area contributed by atoms with E-state index < -0.39 is 17.9 Å². The molecule has 0 spiro atoms. The Bertz CT molecular complexity index is 1260. The quantitative estimate of drug-likeness (QED) is 0.267. The van der Waals surface area contributed by atoms with Crippen LogP contribution in [0, 0.1) is 0 Å². The summed E-state index contributed by atoms with van der Waals surface area (Å²) in [5.41, 5.74) is 7.41. The van der Waals surface area contributed by atoms with Gasteiger partial charge >= 0.3 is 0 Å². The highest BCUT2D eigenvalue weighted by Gasteiger charge is 2.34. The number of carbonyl (C=O) groups is 4. The molecule has 0 bridgehead atoms. The minimum absolute atomic E-state index is 0.0797. The van der Waals surface area contributed by atoms with E-state index in [4.69, 9.17) is 10.5 Å². The van der Waals surface area contributed by atoms with Gasteiger partial charge in [-0.25, -0.2) is 4.31 Å². The fourth-order valence-corrected chi connectivity index (χ4v) is 6.19. The van der Waals surface area contributed by atoms with Gasteiger partial charge in [0.25, 0.3) is 5.91 Å². The molecule has 0 radical (unpaired) electrons. The Labute approximate surface area is 238 Å². The Kier molecular flexibility index (Phi) is 8.84. The minimum atomic E-state index is -0.752. The highest BCUT2D eigenvalue weighted by Crippen LogP contribution is 2.29. The summed E-state index contributed by atoms with van der Waals surface area (Å²) in [7, 11) is 1.52. The first-order chi connectivity index (χ1) is 19.3. The molecule has 3 fully saturated rings. The molecule has 1 atom stereocenters. The van der Waals surface area contributed by atoms with E-state index in [1.165, 1.54) is 16.8 Å². The van der Waals surface area contributed by atoms with Gasteiger partial charge in [-0.15, -0.1) is 0 Å². The van der Waals surface area contributed by atoms with Crippen LogP contribution in [0.25, 0.3) is 0 Å².